The molecule has 230 valence electrons. The maximum absolute atomic E-state index is 4.64. The van der Waals surface area contributed by atoms with E-state index in [4.69, 9.17) is 0 Å². The van der Waals surface area contributed by atoms with Crippen LogP contribution in [0, 0.1) is 6.92 Å². The molecule has 1 heterocycles. The highest BCUT2D eigenvalue weighted by molar-refractivity contribution is 6.24. The lowest BCUT2D eigenvalue weighted by molar-refractivity contribution is 1.33. The number of benzene rings is 8. The minimum absolute atomic E-state index is 0.981. The highest BCUT2D eigenvalue weighted by atomic mass is 14.7. The fourth-order valence-corrected chi connectivity index (χ4v) is 7.45. The summed E-state index contributed by atoms with van der Waals surface area (Å²) in [6.45, 7) is 2.14. The maximum Gasteiger partial charge on any atom is 0.0708 e. The van der Waals surface area contributed by atoms with E-state index in [0.29, 0.717) is 0 Å². The van der Waals surface area contributed by atoms with Gasteiger partial charge in [0, 0.05) is 11.8 Å². The quantitative estimate of drug-likeness (QED) is 0.174. The molecule has 1 heteroatoms. The molecule has 9 aromatic rings. The fourth-order valence-electron chi connectivity index (χ4n) is 7.45. The molecule has 0 saturated carbocycles. The van der Waals surface area contributed by atoms with Gasteiger partial charge in [0.25, 0.3) is 0 Å². The molecule has 0 aliphatic heterocycles. The van der Waals surface area contributed by atoms with Gasteiger partial charge in [0.05, 0.1) is 5.69 Å². The lowest BCUT2D eigenvalue weighted by Crippen LogP contribution is -1.92. The van der Waals surface area contributed by atoms with E-state index < -0.39 is 0 Å². The van der Waals surface area contributed by atoms with Gasteiger partial charge >= 0.3 is 0 Å². The Balaban J connectivity index is 1.22. The van der Waals surface area contributed by atoms with E-state index in [2.05, 4.69) is 182 Å². The van der Waals surface area contributed by atoms with Crippen molar-refractivity contribution in [2.75, 3.05) is 0 Å². The molecule has 0 unspecified atom stereocenters. The van der Waals surface area contributed by atoms with Crippen LogP contribution >= 0.6 is 0 Å². The van der Waals surface area contributed by atoms with Gasteiger partial charge in [-0.15, -0.1) is 0 Å². The molecule has 1 aromatic heterocycles. The molecule has 0 bridgehead atoms. The summed E-state index contributed by atoms with van der Waals surface area (Å²) in [7, 11) is 0. The van der Waals surface area contributed by atoms with E-state index in [0.717, 1.165) is 16.8 Å². The van der Waals surface area contributed by atoms with Crippen LogP contribution in [-0.4, -0.2) is 4.98 Å². The maximum atomic E-state index is 4.64. The smallest absolute Gasteiger partial charge is 0.0708 e. The van der Waals surface area contributed by atoms with Gasteiger partial charge in [-0.05, 0) is 95.9 Å². The van der Waals surface area contributed by atoms with E-state index in [-0.39, 0.29) is 0 Å². The Morgan fingerprint density at radius 2 is 0.837 bits per heavy atom. The number of nitrogens with zero attached hydrogens (tertiary/aromatic N) is 1. The molecule has 1 nitrogen and oxygen atoms in total. The topological polar surface area (TPSA) is 12.9 Å². The first-order valence-corrected chi connectivity index (χ1v) is 16.9. The average Bonchev–Trinajstić information content (AvgIpc) is 3.17. The zero-order valence-corrected chi connectivity index (χ0v) is 27.3. The van der Waals surface area contributed by atoms with Crippen LogP contribution in [0.5, 0.6) is 0 Å². The van der Waals surface area contributed by atoms with E-state index in [1.54, 1.807) is 0 Å². The van der Waals surface area contributed by atoms with Crippen molar-refractivity contribution in [3.05, 3.63) is 188 Å². The summed E-state index contributed by atoms with van der Waals surface area (Å²) in [6, 6.07) is 63.9. The zero-order chi connectivity index (χ0) is 32.7. The van der Waals surface area contributed by atoms with Crippen LogP contribution in [-0.2, 0) is 0 Å². The Bertz CT molecular complexity index is 2580. The molecule has 0 atom stereocenters. The van der Waals surface area contributed by atoms with Gasteiger partial charge in [0.1, 0.15) is 0 Å². The van der Waals surface area contributed by atoms with Crippen molar-refractivity contribution in [2.45, 2.75) is 6.92 Å². The number of hydrogen-bond donors (Lipinski definition) is 0. The van der Waals surface area contributed by atoms with E-state index in [1.807, 2.05) is 12.3 Å². The van der Waals surface area contributed by atoms with Crippen molar-refractivity contribution in [3.63, 3.8) is 0 Å². The normalized spacial score (nSPS) is 11.4. The molecule has 0 spiro atoms. The second-order valence-electron chi connectivity index (χ2n) is 12.8. The Morgan fingerprint density at radius 3 is 1.49 bits per heavy atom. The van der Waals surface area contributed by atoms with Crippen molar-refractivity contribution in [2.24, 2.45) is 0 Å². The van der Waals surface area contributed by atoms with Crippen molar-refractivity contribution in [3.8, 4) is 55.8 Å². The molecule has 0 aliphatic rings. The van der Waals surface area contributed by atoms with Crippen molar-refractivity contribution >= 4 is 32.3 Å². The van der Waals surface area contributed by atoms with Gasteiger partial charge in [-0.25, -0.2) is 0 Å². The molecule has 0 amide bonds. The third kappa shape index (κ3) is 5.08. The Kier molecular flexibility index (Phi) is 7.10. The third-order valence-electron chi connectivity index (χ3n) is 9.82. The summed E-state index contributed by atoms with van der Waals surface area (Å²) in [5, 5.41) is 7.56. The van der Waals surface area contributed by atoms with Crippen molar-refractivity contribution in [1.29, 1.82) is 0 Å². The van der Waals surface area contributed by atoms with Crippen LogP contribution in [0.2, 0.25) is 0 Å². The highest BCUT2D eigenvalue weighted by Crippen LogP contribution is 2.46. The van der Waals surface area contributed by atoms with Gasteiger partial charge < -0.3 is 0 Å². The molecule has 49 heavy (non-hydrogen) atoms. The molecule has 0 aliphatic carbocycles. The third-order valence-corrected chi connectivity index (χ3v) is 9.82. The first-order valence-electron chi connectivity index (χ1n) is 16.9. The number of rotatable bonds is 5. The molecule has 0 saturated heterocycles. The van der Waals surface area contributed by atoms with Crippen LogP contribution in [0.25, 0.3) is 88.1 Å². The number of aromatic nitrogens is 1. The van der Waals surface area contributed by atoms with Gasteiger partial charge in [0.15, 0.2) is 0 Å². The number of fused-ring (bicyclic) bond motifs is 3. The minimum Gasteiger partial charge on any atom is -0.256 e. The minimum atomic E-state index is 0.981. The van der Waals surface area contributed by atoms with Gasteiger partial charge in [-0.3, -0.25) is 4.98 Å². The summed E-state index contributed by atoms with van der Waals surface area (Å²) >= 11 is 0. The molecular formula is C48H33N. The number of aryl methyl sites for hydroxylation is 1. The predicted molar refractivity (Wildman–Crippen MR) is 209 cm³/mol. The van der Waals surface area contributed by atoms with Gasteiger partial charge in [-0.1, -0.05) is 169 Å². The number of hydrogen-bond acceptors (Lipinski definition) is 1. The lowest BCUT2D eigenvalue weighted by Gasteiger charge is -2.19. The summed E-state index contributed by atoms with van der Waals surface area (Å²) in [5.74, 6) is 0. The summed E-state index contributed by atoms with van der Waals surface area (Å²) in [6.07, 6.45) is 1.91. The SMILES string of the molecule is Cc1ccc(-c2cccc3c(-c4c5ccccc5c(-c5ccc(-c6ccnc(-c7ccccc7)c6)cc5)c5ccccc45)cccc23)cc1. The molecule has 0 radical (unpaired) electrons. The molecule has 8 aromatic carbocycles. The van der Waals surface area contributed by atoms with Crippen molar-refractivity contribution < 1.29 is 0 Å². The zero-order valence-electron chi connectivity index (χ0n) is 27.3. The van der Waals surface area contributed by atoms with Crippen LogP contribution in [0.15, 0.2) is 182 Å². The largest absolute Gasteiger partial charge is 0.256 e. The predicted octanol–water partition coefficient (Wildman–Crippen LogP) is 13.2. The lowest BCUT2D eigenvalue weighted by atomic mass is 9.84. The Labute approximate surface area is 286 Å². The first-order chi connectivity index (χ1) is 24.2. The monoisotopic (exact) mass is 623 g/mol. The van der Waals surface area contributed by atoms with Crippen molar-refractivity contribution in [1.82, 2.24) is 4.98 Å². The van der Waals surface area contributed by atoms with Crippen LogP contribution in [0.1, 0.15) is 5.56 Å². The summed E-state index contributed by atoms with van der Waals surface area (Å²) in [5.41, 5.74) is 13.2. The van der Waals surface area contributed by atoms with Gasteiger partial charge in [-0.2, -0.15) is 0 Å². The number of pyridine rings is 1. The van der Waals surface area contributed by atoms with Crippen LogP contribution < -0.4 is 0 Å². The first kappa shape index (κ1) is 28.9. The standard InChI is InChI=1S/C48H33N/c1-32-21-23-34(24-22-32)38-17-9-19-40-39(38)18-10-20-41(40)48-44-15-7-5-13-42(44)47(43-14-6-8-16-45(43)48)36-27-25-33(26-28-36)37-29-30-49-46(31-37)35-11-3-2-4-12-35/h2-31H,1H3. The van der Waals surface area contributed by atoms with Crippen LogP contribution in [0.4, 0.5) is 0 Å². The summed E-state index contributed by atoms with van der Waals surface area (Å²) in [4.78, 5) is 4.64. The second-order valence-corrected chi connectivity index (χ2v) is 12.8. The fraction of sp³-hybridized carbons (Fsp3) is 0.0208. The highest BCUT2D eigenvalue weighted by Gasteiger charge is 2.18. The van der Waals surface area contributed by atoms with E-state index >= 15 is 0 Å². The Hall–Kier alpha value is -6.31. The van der Waals surface area contributed by atoms with E-state index in [1.165, 1.54) is 76.8 Å². The van der Waals surface area contributed by atoms with Crippen LogP contribution in [0.3, 0.4) is 0 Å². The van der Waals surface area contributed by atoms with Gasteiger partial charge in [0.2, 0.25) is 0 Å². The molecule has 0 fully saturated rings. The van der Waals surface area contributed by atoms with E-state index in [9.17, 15) is 0 Å². The summed E-state index contributed by atoms with van der Waals surface area (Å²) < 4.78 is 0. The molecular weight excluding hydrogens is 591 g/mol. The molecule has 0 N–H and O–H groups in total. The Morgan fingerprint density at radius 1 is 0.327 bits per heavy atom. The second kappa shape index (κ2) is 12.0. The average molecular weight is 624 g/mol. The molecule has 9 rings (SSSR count).